The maximum atomic E-state index is 13.0. The van der Waals surface area contributed by atoms with Gasteiger partial charge < -0.3 is 9.47 Å². The number of hydrogen-bond acceptors (Lipinski definition) is 5. The Morgan fingerprint density at radius 1 is 1.14 bits per heavy atom. The van der Waals surface area contributed by atoms with Crippen LogP contribution in [0, 0.1) is 6.92 Å². The molecule has 146 valence electrons. The van der Waals surface area contributed by atoms with Crippen LogP contribution in [0.15, 0.2) is 42.5 Å². The average molecular weight is 424 g/mol. The van der Waals surface area contributed by atoms with Gasteiger partial charge in [0.2, 0.25) is 0 Å². The van der Waals surface area contributed by atoms with Crippen molar-refractivity contribution in [2.75, 3.05) is 6.54 Å². The second-order valence-electron chi connectivity index (χ2n) is 7.21. The van der Waals surface area contributed by atoms with Crippen LogP contribution >= 0.6 is 22.9 Å². The van der Waals surface area contributed by atoms with E-state index < -0.39 is 0 Å². The molecule has 1 amide bonds. The molecule has 2 aromatic carbocycles. The standard InChI is InChI=1S/C21H18ClN5OS/c1-12-3-8-16-17(11-12)29-20(23-16)19-25-24-18-13(2)26(9-10-27(18)19)21(28)14-4-6-15(22)7-5-14/h3-8,11,13H,9-10H2,1-2H3/t13-/m1/s1. The first-order chi connectivity index (χ1) is 14.0. The highest BCUT2D eigenvalue weighted by atomic mass is 35.5. The van der Waals surface area contributed by atoms with Gasteiger partial charge in [-0.15, -0.1) is 21.5 Å². The molecule has 0 unspecified atom stereocenters. The minimum Gasteiger partial charge on any atom is -0.327 e. The van der Waals surface area contributed by atoms with E-state index in [1.54, 1.807) is 35.6 Å². The number of hydrogen-bond donors (Lipinski definition) is 0. The Balaban J connectivity index is 1.47. The third kappa shape index (κ3) is 3.10. The fourth-order valence-corrected chi connectivity index (χ4v) is 4.89. The van der Waals surface area contributed by atoms with Crippen LogP contribution in [0.3, 0.4) is 0 Å². The monoisotopic (exact) mass is 423 g/mol. The molecule has 5 rings (SSSR count). The Hall–Kier alpha value is -2.77. The van der Waals surface area contributed by atoms with E-state index in [1.165, 1.54) is 5.56 Å². The van der Waals surface area contributed by atoms with E-state index in [9.17, 15) is 4.79 Å². The molecule has 3 heterocycles. The van der Waals surface area contributed by atoms with Crippen molar-refractivity contribution < 1.29 is 4.79 Å². The number of carbonyl (C=O) groups excluding carboxylic acids is 1. The van der Waals surface area contributed by atoms with E-state index in [4.69, 9.17) is 16.6 Å². The van der Waals surface area contributed by atoms with E-state index in [0.29, 0.717) is 23.7 Å². The summed E-state index contributed by atoms with van der Waals surface area (Å²) >= 11 is 7.57. The average Bonchev–Trinajstić information content (AvgIpc) is 3.32. The molecule has 1 atom stereocenters. The quantitative estimate of drug-likeness (QED) is 0.467. The van der Waals surface area contributed by atoms with Gasteiger partial charge in [0.05, 0.1) is 16.3 Å². The van der Waals surface area contributed by atoms with Gasteiger partial charge in [-0.3, -0.25) is 4.79 Å². The lowest BCUT2D eigenvalue weighted by molar-refractivity contribution is 0.0638. The lowest BCUT2D eigenvalue weighted by Crippen LogP contribution is -2.41. The van der Waals surface area contributed by atoms with Gasteiger partial charge in [-0.1, -0.05) is 17.7 Å². The van der Waals surface area contributed by atoms with Crippen LogP contribution in [-0.2, 0) is 6.54 Å². The SMILES string of the molecule is Cc1ccc2nc(-c3nnc4n3CCN(C(=O)c3ccc(Cl)cc3)[C@@H]4C)sc2c1. The van der Waals surface area contributed by atoms with Crippen molar-refractivity contribution in [2.45, 2.75) is 26.4 Å². The lowest BCUT2D eigenvalue weighted by Gasteiger charge is -2.33. The number of rotatable bonds is 2. The second-order valence-corrected chi connectivity index (χ2v) is 8.67. The number of fused-ring (bicyclic) bond motifs is 2. The Morgan fingerprint density at radius 3 is 2.72 bits per heavy atom. The summed E-state index contributed by atoms with van der Waals surface area (Å²) in [6.45, 7) is 5.28. The third-order valence-electron chi connectivity index (χ3n) is 5.27. The number of carbonyl (C=O) groups is 1. The highest BCUT2D eigenvalue weighted by Gasteiger charge is 2.32. The zero-order valence-electron chi connectivity index (χ0n) is 16.0. The number of benzene rings is 2. The van der Waals surface area contributed by atoms with E-state index >= 15 is 0 Å². The van der Waals surface area contributed by atoms with Crippen molar-refractivity contribution in [1.82, 2.24) is 24.6 Å². The highest BCUT2D eigenvalue weighted by molar-refractivity contribution is 7.21. The number of aryl methyl sites for hydroxylation is 1. The fraction of sp³-hybridized carbons (Fsp3) is 0.238. The predicted molar refractivity (Wildman–Crippen MR) is 114 cm³/mol. The molecule has 0 bridgehead atoms. The molecule has 6 nitrogen and oxygen atoms in total. The molecule has 0 radical (unpaired) electrons. The Morgan fingerprint density at radius 2 is 1.93 bits per heavy atom. The predicted octanol–water partition coefficient (Wildman–Crippen LogP) is 4.73. The lowest BCUT2D eigenvalue weighted by atomic mass is 10.1. The topological polar surface area (TPSA) is 63.9 Å². The summed E-state index contributed by atoms with van der Waals surface area (Å²) in [6.07, 6.45) is 0. The summed E-state index contributed by atoms with van der Waals surface area (Å²) in [7, 11) is 0. The third-order valence-corrected chi connectivity index (χ3v) is 6.54. The smallest absolute Gasteiger partial charge is 0.254 e. The molecule has 0 saturated heterocycles. The molecule has 0 N–H and O–H groups in total. The molecule has 1 aliphatic rings. The van der Waals surface area contributed by atoms with Gasteiger partial charge in [-0.25, -0.2) is 4.98 Å². The molecular formula is C21H18ClN5OS. The van der Waals surface area contributed by atoms with Crippen LogP contribution in [-0.4, -0.2) is 37.1 Å². The van der Waals surface area contributed by atoms with E-state index in [0.717, 1.165) is 26.9 Å². The molecule has 4 aromatic rings. The van der Waals surface area contributed by atoms with Crippen LogP contribution in [0.5, 0.6) is 0 Å². The number of aromatic nitrogens is 4. The van der Waals surface area contributed by atoms with Crippen molar-refractivity contribution >= 4 is 39.1 Å². The Labute approximate surface area is 176 Å². The Kier molecular flexibility index (Phi) is 4.37. The van der Waals surface area contributed by atoms with Gasteiger partial charge >= 0.3 is 0 Å². The van der Waals surface area contributed by atoms with Crippen molar-refractivity contribution in [3.63, 3.8) is 0 Å². The summed E-state index contributed by atoms with van der Waals surface area (Å²) in [6, 6.07) is 13.0. The zero-order chi connectivity index (χ0) is 20.1. The summed E-state index contributed by atoms with van der Waals surface area (Å²) in [4.78, 5) is 19.5. The first kappa shape index (κ1) is 18.3. The molecular weight excluding hydrogens is 406 g/mol. The molecule has 8 heteroatoms. The van der Waals surface area contributed by atoms with E-state index in [2.05, 4.69) is 33.8 Å². The number of amides is 1. The number of thiazole rings is 1. The first-order valence-electron chi connectivity index (χ1n) is 9.38. The molecule has 29 heavy (non-hydrogen) atoms. The van der Waals surface area contributed by atoms with Gasteiger partial charge in [0.1, 0.15) is 0 Å². The van der Waals surface area contributed by atoms with Crippen molar-refractivity contribution in [2.24, 2.45) is 0 Å². The highest BCUT2D eigenvalue weighted by Crippen LogP contribution is 2.33. The van der Waals surface area contributed by atoms with Gasteiger partial charge in [0, 0.05) is 23.7 Å². The van der Waals surface area contributed by atoms with E-state index in [-0.39, 0.29) is 11.9 Å². The van der Waals surface area contributed by atoms with Crippen LogP contribution < -0.4 is 0 Å². The van der Waals surface area contributed by atoms with Gasteiger partial charge in [0.15, 0.2) is 16.7 Å². The normalized spacial score (nSPS) is 16.2. The maximum absolute atomic E-state index is 13.0. The van der Waals surface area contributed by atoms with Crippen LogP contribution in [0.1, 0.15) is 34.7 Å². The van der Waals surface area contributed by atoms with Crippen molar-refractivity contribution in [3.8, 4) is 10.8 Å². The van der Waals surface area contributed by atoms with Crippen LogP contribution in [0.4, 0.5) is 0 Å². The summed E-state index contributed by atoms with van der Waals surface area (Å²) in [5.41, 5.74) is 2.80. The largest absolute Gasteiger partial charge is 0.327 e. The molecule has 0 saturated carbocycles. The van der Waals surface area contributed by atoms with E-state index in [1.807, 2.05) is 17.9 Å². The molecule has 0 aliphatic carbocycles. The van der Waals surface area contributed by atoms with Crippen LogP contribution in [0.2, 0.25) is 5.02 Å². The first-order valence-corrected chi connectivity index (χ1v) is 10.6. The summed E-state index contributed by atoms with van der Waals surface area (Å²) < 4.78 is 3.22. The van der Waals surface area contributed by atoms with Gasteiger partial charge in [-0.2, -0.15) is 0 Å². The molecule has 2 aromatic heterocycles. The number of halogens is 1. The van der Waals surface area contributed by atoms with Crippen molar-refractivity contribution in [3.05, 3.63) is 64.4 Å². The zero-order valence-corrected chi connectivity index (χ0v) is 17.5. The second kappa shape index (κ2) is 6.93. The number of nitrogens with zero attached hydrogens (tertiary/aromatic N) is 5. The summed E-state index contributed by atoms with van der Waals surface area (Å²) in [5.74, 6) is 1.52. The molecule has 0 spiro atoms. The Bertz CT molecular complexity index is 1230. The van der Waals surface area contributed by atoms with Crippen LogP contribution in [0.25, 0.3) is 21.0 Å². The minimum atomic E-state index is -0.176. The maximum Gasteiger partial charge on any atom is 0.254 e. The summed E-state index contributed by atoms with van der Waals surface area (Å²) in [5, 5.41) is 10.3. The van der Waals surface area contributed by atoms with Gasteiger partial charge in [-0.05, 0) is 55.8 Å². The molecule has 1 aliphatic heterocycles. The molecule has 0 fully saturated rings. The fourth-order valence-electron chi connectivity index (χ4n) is 3.71. The minimum absolute atomic E-state index is 0.0274. The van der Waals surface area contributed by atoms with Crippen molar-refractivity contribution in [1.29, 1.82) is 0 Å². The van der Waals surface area contributed by atoms with Gasteiger partial charge in [0.25, 0.3) is 5.91 Å².